The van der Waals surface area contributed by atoms with Gasteiger partial charge in [-0.2, -0.15) is 5.26 Å². The standard InChI is InChI=1S/C22H25N3O.C4H10.C2H2O.C2H4/c1-15-12-16(2)21(24-3)13-20(15)22(26)25-10-8-19(9-11-25)18-6-4-17(14-23)5-7-18;1-3-4-2;1-2-3;1-2/h4-7,12-13,19,24H,8-11H2,1-3H3;3-4H2,1-2H3;1H2;1-2H2. The smallest absolute Gasteiger partial charge is 0.254 e. The van der Waals surface area contributed by atoms with Crippen LogP contribution in [0.1, 0.15) is 78.1 Å². The van der Waals surface area contributed by atoms with E-state index in [1.54, 1.807) is 0 Å². The van der Waals surface area contributed by atoms with Crippen molar-refractivity contribution in [3.05, 3.63) is 84.0 Å². The van der Waals surface area contributed by atoms with Gasteiger partial charge in [0.05, 0.1) is 11.6 Å². The fourth-order valence-electron chi connectivity index (χ4n) is 3.77. The van der Waals surface area contributed by atoms with E-state index in [0.29, 0.717) is 11.5 Å². The molecule has 1 saturated heterocycles. The summed E-state index contributed by atoms with van der Waals surface area (Å²) in [6, 6.07) is 14.0. The minimum atomic E-state index is 0.122. The number of aryl methyl sites for hydroxylation is 2. The van der Waals surface area contributed by atoms with Crippen LogP contribution >= 0.6 is 0 Å². The molecule has 0 radical (unpaired) electrons. The number of nitrogens with one attached hydrogen (secondary N) is 1. The zero-order valence-electron chi connectivity index (χ0n) is 22.1. The number of carbonyl (C=O) groups is 1. The van der Waals surface area contributed by atoms with Crippen molar-refractivity contribution in [2.24, 2.45) is 0 Å². The molecule has 0 atom stereocenters. The maximum absolute atomic E-state index is 13.0. The van der Waals surface area contributed by atoms with Gasteiger partial charge in [0, 0.05) is 31.4 Å². The van der Waals surface area contributed by atoms with E-state index < -0.39 is 0 Å². The van der Waals surface area contributed by atoms with E-state index in [4.69, 9.17) is 10.1 Å². The van der Waals surface area contributed by atoms with Crippen LogP contribution in [-0.2, 0) is 4.79 Å². The molecule has 2 aromatic carbocycles. The number of benzene rings is 2. The molecule has 0 unspecified atom stereocenters. The van der Waals surface area contributed by atoms with Crippen LogP contribution in [0.15, 0.2) is 56.1 Å². The summed E-state index contributed by atoms with van der Waals surface area (Å²) in [5.41, 5.74) is 5.93. The second-order valence-corrected chi connectivity index (χ2v) is 8.18. The van der Waals surface area contributed by atoms with Gasteiger partial charge in [-0.05, 0) is 74.1 Å². The Morgan fingerprint density at radius 2 is 1.57 bits per heavy atom. The highest BCUT2D eigenvalue weighted by atomic mass is 16.2. The lowest BCUT2D eigenvalue weighted by atomic mass is 9.88. The van der Waals surface area contributed by atoms with Crippen molar-refractivity contribution in [2.45, 2.75) is 59.3 Å². The van der Waals surface area contributed by atoms with Gasteiger partial charge in [-0.25, -0.2) is 4.79 Å². The predicted octanol–water partition coefficient (Wildman–Crippen LogP) is 6.85. The number of unbranched alkanes of at least 4 members (excludes halogenated alkanes) is 1. The maximum Gasteiger partial charge on any atom is 0.254 e. The average Bonchev–Trinajstić information content (AvgIpc) is 2.90. The second kappa shape index (κ2) is 17.8. The van der Waals surface area contributed by atoms with Crippen LogP contribution in [0.4, 0.5) is 5.69 Å². The lowest BCUT2D eigenvalue weighted by Gasteiger charge is -2.33. The molecular formula is C30H41N3O2. The number of hydrogen-bond acceptors (Lipinski definition) is 4. The number of hydrogen-bond donors (Lipinski definition) is 1. The van der Waals surface area contributed by atoms with E-state index in [2.05, 4.69) is 58.0 Å². The van der Waals surface area contributed by atoms with Gasteiger partial charge in [0.2, 0.25) is 0 Å². The molecule has 1 N–H and O–H groups in total. The molecule has 0 aliphatic carbocycles. The molecule has 1 aliphatic rings. The summed E-state index contributed by atoms with van der Waals surface area (Å²) >= 11 is 0. The molecule has 5 heteroatoms. The van der Waals surface area contributed by atoms with Gasteiger partial charge < -0.3 is 10.2 Å². The van der Waals surface area contributed by atoms with Crippen molar-refractivity contribution in [1.82, 2.24) is 4.90 Å². The molecule has 0 spiro atoms. The molecule has 0 bridgehead atoms. The highest BCUT2D eigenvalue weighted by Crippen LogP contribution is 2.30. The van der Waals surface area contributed by atoms with E-state index in [1.165, 1.54) is 24.3 Å². The Labute approximate surface area is 212 Å². The third-order valence-electron chi connectivity index (χ3n) is 5.86. The molecule has 0 saturated carbocycles. The number of rotatable bonds is 4. The van der Waals surface area contributed by atoms with Gasteiger partial charge >= 0.3 is 0 Å². The first-order valence-corrected chi connectivity index (χ1v) is 12.1. The van der Waals surface area contributed by atoms with E-state index >= 15 is 0 Å². The van der Waals surface area contributed by atoms with Crippen LogP contribution in [0.3, 0.4) is 0 Å². The Morgan fingerprint density at radius 1 is 1.06 bits per heavy atom. The van der Waals surface area contributed by atoms with Crippen LogP contribution in [0.2, 0.25) is 0 Å². The Hall–Kier alpha value is -3.61. The maximum atomic E-state index is 13.0. The molecule has 1 aliphatic heterocycles. The Kier molecular flexibility index (Phi) is 16.0. The molecule has 5 nitrogen and oxygen atoms in total. The molecular weight excluding hydrogens is 434 g/mol. The van der Waals surface area contributed by atoms with Crippen molar-refractivity contribution in [3.8, 4) is 6.07 Å². The van der Waals surface area contributed by atoms with Crippen molar-refractivity contribution in [1.29, 1.82) is 5.26 Å². The van der Waals surface area contributed by atoms with Gasteiger partial charge in [-0.1, -0.05) is 44.9 Å². The molecule has 2 aromatic rings. The highest BCUT2D eigenvalue weighted by Gasteiger charge is 2.25. The molecule has 3 rings (SSSR count). The average molecular weight is 476 g/mol. The largest absolute Gasteiger partial charge is 0.388 e. The van der Waals surface area contributed by atoms with Crippen molar-refractivity contribution in [3.63, 3.8) is 0 Å². The van der Waals surface area contributed by atoms with E-state index in [1.807, 2.05) is 49.2 Å². The summed E-state index contributed by atoms with van der Waals surface area (Å²) in [4.78, 5) is 23.5. The number of likely N-dealkylation sites (tertiary alicyclic amines) is 1. The van der Waals surface area contributed by atoms with E-state index in [0.717, 1.165) is 48.3 Å². The van der Waals surface area contributed by atoms with Crippen LogP contribution in [0.5, 0.6) is 0 Å². The zero-order valence-corrected chi connectivity index (χ0v) is 22.1. The van der Waals surface area contributed by atoms with Crippen molar-refractivity contribution < 1.29 is 9.59 Å². The van der Waals surface area contributed by atoms with Gasteiger partial charge in [-0.3, -0.25) is 4.79 Å². The van der Waals surface area contributed by atoms with Crippen molar-refractivity contribution in [2.75, 3.05) is 25.5 Å². The third kappa shape index (κ3) is 10.0. The number of nitriles is 1. The summed E-state index contributed by atoms with van der Waals surface area (Å²) in [5.74, 6) is 1.83. The Morgan fingerprint density at radius 3 is 2.00 bits per heavy atom. The van der Waals surface area contributed by atoms with E-state index in [-0.39, 0.29) is 5.91 Å². The summed E-state index contributed by atoms with van der Waals surface area (Å²) in [5, 5.41) is 12.1. The first-order chi connectivity index (χ1) is 16.9. The number of anilines is 1. The Bertz CT molecular complexity index is 974. The summed E-state index contributed by atoms with van der Waals surface area (Å²) in [6.45, 7) is 18.6. The highest BCUT2D eigenvalue weighted by molar-refractivity contribution is 5.97. The lowest BCUT2D eigenvalue weighted by Crippen LogP contribution is -2.38. The predicted molar refractivity (Wildman–Crippen MR) is 148 cm³/mol. The SMILES string of the molecule is C=C.C=C=O.CCCC.CNc1cc(C(=O)N2CCC(c3ccc(C#N)cc3)CC2)c(C)cc1C. The molecule has 35 heavy (non-hydrogen) atoms. The third-order valence-corrected chi connectivity index (χ3v) is 5.86. The van der Waals surface area contributed by atoms with Gasteiger partial charge in [0.15, 0.2) is 0 Å². The zero-order chi connectivity index (χ0) is 26.8. The number of amides is 1. The van der Waals surface area contributed by atoms with Gasteiger partial charge in [0.1, 0.15) is 5.94 Å². The first kappa shape index (κ1) is 31.4. The number of nitrogens with zero attached hydrogens (tertiary/aromatic N) is 2. The first-order valence-electron chi connectivity index (χ1n) is 12.1. The monoisotopic (exact) mass is 475 g/mol. The fourth-order valence-corrected chi connectivity index (χ4v) is 3.77. The summed E-state index contributed by atoms with van der Waals surface area (Å²) in [6.07, 6.45) is 4.56. The summed E-state index contributed by atoms with van der Waals surface area (Å²) in [7, 11) is 1.88. The topological polar surface area (TPSA) is 73.2 Å². The van der Waals surface area contributed by atoms with Crippen LogP contribution < -0.4 is 5.32 Å². The molecule has 0 aromatic heterocycles. The minimum absolute atomic E-state index is 0.122. The normalized spacial score (nSPS) is 12.2. The van der Waals surface area contributed by atoms with Crippen LogP contribution in [-0.4, -0.2) is 36.9 Å². The second-order valence-electron chi connectivity index (χ2n) is 8.18. The van der Waals surface area contributed by atoms with Gasteiger partial charge in [-0.15, -0.1) is 13.2 Å². The number of carbonyl (C=O) groups excluding carboxylic acids is 2. The summed E-state index contributed by atoms with van der Waals surface area (Å²) < 4.78 is 0. The van der Waals surface area contributed by atoms with Crippen LogP contribution in [0.25, 0.3) is 0 Å². The van der Waals surface area contributed by atoms with E-state index in [9.17, 15) is 4.79 Å². The fraction of sp³-hybridized carbons (Fsp3) is 0.400. The molecule has 188 valence electrons. The number of piperidine rings is 1. The molecule has 1 fully saturated rings. The molecule has 1 amide bonds. The van der Waals surface area contributed by atoms with Crippen molar-refractivity contribution >= 4 is 17.5 Å². The van der Waals surface area contributed by atoms with Gasteiger partial charge in [0.25, 0.3) is 5.91 Å². The minimum Gasteiger partial charge on any atom is -0.388 e. The van der Waals surface area contributed by atoms with Crippen LogP contribution in [0, 0.1) is 25.2 Å². The molecule has 1 heterocycles. The lowest BCUT2D eigenvalue weighted by molar-refractivity contribution is 0.0712. The Balaban J connectivity index is 0.00000112. The quantitative estimate of drug-likeness (QED) is 0.388.